The Hall–Kier alpha value is -1.70. The van der Waals surface area contributed by atoms with Crippen LogP contribution in [0.1, 0.15) is 16.8 Å². The maximum absolute atomic E-state index is 13.9. The highest BCUT2D eigenvalue weighted by atomic mass is 35.5. The molecule has 2 N–H and O–H groups in total. The third-order valence-electron chi connectivity index (χ3n) is 3.62. The van der Waals surface area contributed by atoms with Gasteiger partial charge in [0.25, 0.3) is 5.91 Å². The molecule has 0 aromatic heterocycles. The van der Waals surface area contributed by atoms with Crippen molar-refractivity contribution in [3.8, 4) is 0 Å². The number of carbonyl (C=O) groups excluding carboxylic acids is 2. The Labute approximate surface area is 138 Å². The number of halogens is 2. The number of amides is 2. The quantitative estimate of drug-likeness (QED) is 0.870. The molecule has 1 saturated heterocycles. The van der Waals surface area contributed by atoms with Gasteiger partial charge in [-0.05, 0) is 12.1 Å². The van der Waals surface area contributed by atoms with E-state index in [2.05, 4.69) is 0 Å². The topological polar surface area (TPSA) is 81.9 Å². The van der Waals surface area contributed by atoms with Crippen LogP contribution in [-0.2, 0) is 14.3 Å². The van der Waals surface area contributed by atoms with Crippen LogP contribution >= 0.6 is 11.6 Å². The number of methoxy groups -OCH3 is 1. The van der Waals surface area contributed by atoms with Crippen molar-refractivity contribution in [1.29, 1.82) is 0 Å². The van der Waals surface area contributed by atoms with E-state index in [0.29, 0.717) is 0 Å². The second kappa shape index (κ2) is 7.25. The van der Waals surface area contributed by atoms with E-state index in [1.807, 2.05) is 0 Å². The van der Waals surface area contributed by atoms with Gasteiger partial charge in [0.1, 0.15) is 11.4 Å². The summed E-state index contributed by atoms with van der Waals surface area (Å²) in [5.41, 5.74) is 4.03. The highest BCUT2D eigenvalue weighted by Crippen LogP contribution is 2.26. The van der Waals surface area contributed by atoms with Gasteiger partial charge in [-0.2, -0.15) is 0 Å². The average molecular weight is 345 g/mol. The molecule has 0 spiro atoms. The SMILES string of the molecule is COC[C@@]1(CC(N)=O)CN(C(=O)c2c(F)cccc2Cl)CCO1. The number of primary amides is 1. The number of rotatable bonds is 5. The maximum Gasteiger partial charge on any atom is 0.258 e. The second-order valence-corrected chi connectivity index (χ2v) is 5.84. The summed E-state index contributed by atoms with van der Waals surface area (Å²) in [5, 5.41) is 0.0359. The molecule has 0 unspecified atom stereocenters. The predicted octanol–water partition coefficient (Wildman–Crippen LogP) is 1.21. The normalized spacial score (nSPS) is 21.3. The molecule has 1 heterocycles. The molecule has 1 fully saturated rings. The molecule has 23 heavy (non-hydrogen) atoms. The lowest BCUT2D eigenvalue weighted by Gasteiger charge is -2.41. The van der Waals surface area contributed by atoms with E-state index in [1.54, 1.807) is 0 Å². The van der Waals surface area contributed by atoms with Gasteiger partial charge in [0.2, 0.25) is 5.91 Å². The summed E-state index contributed by atoms with van der Waals surface area (Å²) in [5.74, 6) is -1.82. The summed E-state index contributed by atoms with van der Waals surface area (Å²) >= 11 is 5.94. The van der Waals surface area contributed by atoms with E-state index in [0.717, 1.165) is 0 Å². The third kappa shape index (κ3) is 3.99. The number of benzene rings is 1. The summed E-state index contributed by atoms with van der Waals surface area (Å²) in [6.07, 6.45) is -0.102. The largest absolute Gasteiger partial charge is 0.382 e. The standard InChI is InChI=1S/C15H18ClFN2O4/c1-22-9-15(7-12(18)20)8-19(5-6-23-15)14(21)13-10(16)3-2-4-11(13)17/h2-4H,5-9H2,1H3,(H2,18,20)/t15-/m1/s1. The molecule has 1 aliphatic rings. The summed E-state index contributed by atoms with van der Waals surface area (Å²) in [6.45, 7) is 0.597. The number of morpholine rings is 1. The van der Waals surface area contributed by atoms with E-state index < -0.39 is 23.2 Å². The Morgan fingerprint density at radius 1 is 1.52 bits per heavy atom. The van der Waals surface area contributed by atoms with Gasteiger partial charge in [0.15, 0.2) is 0 Å². The Balaban J connectivity index is 2.26. The van der Waals surface area contributed by atoms with Gasteiger partial charge in [-0.15, -0.1) is 0 Å². The van der Waals surface area contributed by atoms with Crippen molar-refractivity contribution in [2.75, 3.05) is 33.4 Å². The van der Waals surface area contributed by atoms with Gasteiger partial charge in [-0.3, -0.25) is 9.59 Å². The van der Waals surface area contributed by atoms with Crippen LogP contribution in [0.25, 0.3) is 0 Å². The lowest BCUT2D eigenvalue weighted by Crippen LogP contribution is -2.57. The molecular formula is C15H18ClFN2O4. The van der Waals surface area contributed by atoms with E-state index in [-0.39, 0.29) is 43.3 Å². The van der Waals surface area contributed by atoms with Crippen LogP contribution in [0.3, 0.4) is 0 Å². The Morgan fingerprint density at radius 2 is 2.26 bits per heavy atom. The summed E-state index contributed by atoms with van der Waals surface area (Å²) in [4.78, 5) is 25.3. The predicted molar refractivity (Wildman–Crippen MR) is 81.7 cm³/mol. The minimum atomic E-state index is -1.04. The van der Waals surface area contributed by atoms with Crippen molar-refractivity contribution >= 4 is 23.4 Å². The summed E-state index contributed by atoms with van der Waals surface area (Å²) in [6, 6.07) is 4.05. The first-order chi connectivity index (χ1) is 10.9. The van der Waals surface area contributed by atoms with Crippen molar-refractivity contribution < 1.29 is 23.5 Å². The molecule has 1 aromatic rings. The Bertz CT molecular complexity index is 589. The Kier molecular flexibility index (Phi) is 5.56. The van der Waals surface area contributed by atoms with Gasteiger partial charge in [-0.25, -0.2) is 4.39 Å². The summed E-state index contributed by atoms with van der Waals surface area (Å²) < 4.78 is 24.7. The number of nitrogens with two attached hydrogens (primary N) is 1. The van der Waals surface area contributed by atoms with Gasteiger partial charge in [0, 0.05) is 13.7 Å². The first kappa shape index (κ1) is 17.7. The van der Waals surface area contributed by atoms with Gasteiger partial charge in [-0.1, -0.05) is 17.7 Å². The van der Waals surface area contributed by atoms with E-state index in [1.165, 1.54) is 30.2 Å². The lowest BCUT2D eigenvalue weighted by atomic mass is 9.97. The zero-order chi connectivity index (χ0) is 17.0. The fourth-order valence-corrected chi connectivity index (χ4v) is 2.95. The summed E-state index contributed by atoms with van der Waals surface area (Å²) in [7, 11) is 1.46. The van der Waals surface area contributed by atoms with Crippen molar-refractivity contribution in [2.45, 2.75) is 12.0 Å². The van der Waals surface area contributed by atoms with Crippen LogP contribution in [0.15, 0.2) is 18.2 Å². The lowest BCUT2D eigenvalue weighted by molar-refractivity contribution is -0.148. The van der Waals surface area contributed by atoms with E-state index in [4.69, 9.17) is 26.8 Å². The minimum Gasteiger partial charge on any atom is -0.382 e. The molecule has 1 aliphatic heterocycles. The molecule has 0 aliphatic carbocycles. The van der Waals surface area contributed by atoms with Crippen LogP contribution in [-0.4, -0.2) is 55.7 Å². The highest BCUT2D eigenvalue weighted by molar-refractivity contribution is 6.33. The number of carbonyl (C=O) groups is 2. The average Bonchev–Trinajstić information content (AvgIpc) is 2.46. The number of nitrogens with zero attached hydrogens (tertiary/aromatic N) is 1. The molecule has 2 amide bonds. The molecule has 1 atom stereocenters. The monoisotopic (exact) mass is 344 g/mol. The fraction of sp³-hybridized carbons (Fsp3) is 0.467. The van der Waals surface area contributed by atoms with Crippen LogP contribution in [0, 0.1) is 5.82 Å². The fourth-order valence-electron chi connectivity index (χ4n) is 2.70. The third-order valence-corrected chi connectivity index (χ3v) is 3.93. The molecule has 6 nitrogen and oxygen atoms in total. The van der Waals surface area contributed by atoms with Crippen LogP contribution in [0.5, 0.6) is 0 Å². The number of hydrogen-bond acceptors (Lipinski definition) is 4. The van der Waals surface area contributed by atoms with Crippen LogP contribution in [0.2, 0.25) is 5.02 Å². The zero-order valence-electron chi connectivity index (χ0n) is 12.7. The molecule has 0 bridgehead atoms. The molecule has 0 saturated carbocycles. The number of hydrogen-bond donors (Lipinski definition) is 1. The van der Waals surface area contributed by atoms with Crippen molar-refractivity contribution in [3.05, 3.63) is 34.6 Å². The van der Waals surface area contributed by atoms with Gasteiger partial charge < -0.3 is 20.1 Å². The molecule has 126 valence electrons. The maximum atomic E-state index is 13.9. The first-order valence-electron chi connectivity index (χ1n) is 7.03. The van der Waals surface area contributed by atoms with Crippen molar-refractivity contribution in [1.82, 2.24) is 4.90 Å². The van der Waals surface area contributed by atoms with E-state index >= 15 is 0 Å². The first-order valence-corrected chi connectivity index (χ1v) is 7.41. The Morgan fingerprint density at radius 3 is 2.87 bits per heavy atom. The molecule has 1 aromatic carbocycles. The van der Waals surface area contributed by atoms with Crippen LogP contribution < -0.4 is 5.73 Å². The van der Waals surface area contributed by atoms with Gasteiger partial charge in [0.05, 0.1) is 36.8 Å². The molecular weight excluding hydrogens is 327 g/mol. The van der Waals surface area contributed by atoms with Crippen molar-refractivity contribution in [3.63, 3.8) is 0 Å². The van der Waals surface area contributed by atoms with Crippen LogP contribution in [0.4, 0.5) is 4.39 Å². The minimum absolute atomic E-state index is 0.0359. The zero-order valence-corrected chi connectivity index (χ0v) is 13.4. The molecule has 8 heteroatoms. The molecule has 0 radical (unpaired) electrons. The van der Waals surface area contributed by atoms with E-state index in [9.17, 15) is 14.0 Å². The second-order valence-electron chi connectivity index (χ2n) is 5.43. The van der Waals surface area contributed by atoms with Crippen molar-refractivity contribution in [2.24, 2.45) is 5.73 Å². The van der Waals surface area contributed by atoms with Gasteiger partial charge >= 0.3 is 0 Å². The number of ether oxygens (including phenoxy) is 2. The molecule has 2 rings (SSSR count). The smallest absolute Gasteiger partial charge is 0.258 e. The highest BCUT2D eigenvalue weighted by Gasteiger charge is 2.40.